The number of likely N-dealkylation sites (N-methyl/N-ethyl adjacent to an activating group) is 1. The molecule has 1 fully saturated rings. The molecule has 0 aromatic heterocycles. The minimum absolute atomic E-state index is 0.00743. The standard InChI is InChI=1S/C16H24N2O2/c1-4-18-10-6-9-14(11-18)20-16(19)17-15-12(2)7-5-8-13(15)3/h5,7-8,14H,4,6,9-11H2,1-3H3,(H,17,19)/t14-/m1/s1. The Kier molecular flexibility index (Phi) is 5.01. The lowest BCUT2D eigenvalue weighted by Gasteiger charge is -2.31. The molecule has 0 radical (unpaired) electrons. The van der Waals surface area contributed by atoms with Crippen molar-refractivity contribution in [3.05, 3.63) is 29.3 Å². The second-order valence-corrected chi connectivity index (χ2v) is 5.45. The van der Waals surface area contributed by atoms with Gasteiger partial charge >= 0.3 is 6.09 Å². The van der Waals surface area contributed by atoms with E-state index in [1.807, 2.05) is 32.0 Å². The number of nitrogens with one attached hydrogen (secondary N) is 1. The summed E-state index contributed by atoms with van der Waals surface area (Å²) >= 11 is 0. The molecule has 1 aromatic carbocycles. The highest BCUT2D eigenvalue weighted by molar-refractivity contribution is 5.86. The fourth-order valence-electron chi connectivity index (χ4n) is 2.69. The molecule has 0 saturated carbocycles. The van der Waals surface area contributed by atoms with Crippen LogP contribution in [0.5, 0.6) is 0 Å². The molecule has 0 spiro atoms. The van der Waals surface area contributed by atoms with E-state index in [9.17, 15) is 4.79 Å². The minimum atomic E-state index is -0.342. The van der Waals surface area contributed by atoms with E-state index >= 15 is 0 Å². The zero-order valence-corrected chi connectivity index (χ0v) is 12.6. The van der Waals surface area contributed by atoms with Gasteiger partial charge in [-0.2, -0.15) is 0 Å². The predicted octanol–water partition coefficient (Wildman–Crippen LogP) is 3.34. The molecule has 4 heteroatoms. The molecule has 110 valence electrons. The smallest absolute Gasteiger partial charge is 0.411 e. The number of anilines is 1. The number of aryl methyl sites for hydroxylation is 2. The number of ether oxygens (including phenoxy) is 1. The minimum Gasteiger partial charge on any atom is -0.445 e. The second-order valence-electron chi connectivity index (χ2n) is 5.45. The van der Waals surface area contributed by atoms with E-state index in [1.54, 1.807) is 0 Å². The predicted molar refractivity (Wildman–Crippen MR) is 81.2 cm³/mol. The fraction of sp³-hybridized carbons (Fsp3) is 0.562. The quantitative estimate of drug-likeness (QED) is 0.920. The van der Waals surface area contributed by atoms with Crippen molar-refractivity contribution in [2.75, 3.05) is 25.0 Å². The molecule has 4 nitrogen and oxygen atoms in total. The average molecular weight is 276 g/mol. The molecule has 1 N–H and O–H groups in total. The molecule has 0 aliphatic carbocycles. The van der Waals surface area contributed by atoms with Crippen molar-refractivity contribution >= 4 is 11.8 Å². The van der Waals surface area contributed by atoms with E-state index in [0.717, 1.165) is 49.3 Å². The number of nitrogens with zero attached hydrogens (tertiary/aromatic N) is 1. The van der Waals surface area contributed by atoms with E-state index in [4.69, 9.17) is 4.74 Å². The number of benzene rings is 1. The summed E-state index contributed by atoms with van der Waals surface area (Å²) in [7, 11) is 0. The van der Waals surface area contributed by atoms with Gasteiger partial charge < -0.3 is 4.74 Å². The fourth-order valence-corrected chi connectivity index (χ4v) is 2.69. The van der Waals surface area contributed by atoms with E-state index in [-0.39, 0.29) is 12.2 Å². The first-order chi connectivity index (χ1) is 9.60. The van der Waals surface area contributed by atoms with E-state index in [1.165, 1.54) is 0 Å². The summed E-state index contributed by atoms with van der Waals surface area (Å²) in [5, 5.41) is 2.88. The molecule has 1 aliphatic rings. The van der Waals surface area contributed by atoms with Gasteiger partial charge in [-0.25, -0.2) is 4.79 Å². The highest BCUT2D eigenvalue weighted by atomic mass is 16.6. The van der Waals surface area contributed by atoms with Gasteiger partial charge in [-0.3, -0.25) is 10.2 Å². The lowest BCUT2D eigenvalue weighted by molar-refractivity contribution is 0.0519. The number of carbonyl (C=O) groups is 1. The second kappa shape index (κ2) is 6.75. The Bertz CT molecular complexity index is 453. The zero-order valence-electron chi connectivity index (χ0n) is 12.6. The number of para-hydroxylation sites is 1. The number of amides is 1. The van der Waals surface area contributed by atoms with E-state index in [2.05, 4.69) is 17.1 Å². The van der Waals surface area contributed by atoms with Crippen LogP contribution in [0.15, 0.2) is 18.2 Å². The third-order valence-corrected chi connectivity index (χ3v) is 3.89. The van der Waals surface area contributed by atoms with Gasteiger partial charge in [0.2, 0.25) is 0 Å². The SMILES string of the molecule is CCN1CCC[C@@H](OC(=O)Nc2c(C)cccc2C)C1. The third kappa shape index (κ3) is 3.73. The Hall–Kier alpha value is -1.55. The number of rotatable bonds is 3. The maximum Gasteiger partial charge on any atom is 0.411 e. The lowest BCUT2D eigenvalue weighted by atomic mass is 10.1. The first-order valence-corrected chi connectivity index (χ1v) is 7.36. The van der Waals surface area contributed by atoms with E-state index in [0.29, 0.717) is 0 Å². The van der Waals surface area contributed by atoms with Crippen LogP contribution in [0.25, 0.3) is 0 Å². The lowest BCUT2D eigenvalue weighted by Crippen LogP contribution is -2.41. The van der Waals surface area contributed by atoms with Crippen LogP contribution in [0.2, 0.25) is 0 Å². The number of likely N-dealkylation sites (tertiary alicyclic amines) is 1. The van der Waals surface area contributed by atoms with Crippen molar-refractivity contribution in [2.24, 2.45) is 0 Å². The molecule has 1 aromatic rings. The largest absolute Gasteiger partial charge is 0.445 e. The topological polar surface area (TPSA) is 41.6 Å². The van der Waals surface area contributed by atoms with Crippen LogP contribution in [0.3, 0.4) is 0 Å². The number of piperidine rings is 1. The van der Waals surface area contributed by atoms with Crippen LogP contribution in [0, 0.1) is 13.8 Å². The van der Waals surface area contributed by atoms with Crippen molar-refractivity contribution in [3.8, 4) is 0 Å². The summed E-state index contributed by atoms with van der Waals surface area (Å²) < 4.78 is 5.55. The van der Waals surface area contributed by atoms with Crippen LogP contribution >= 0.6 is 0 Å². The summed E-state index contributed by atoms with van der Waals surface area (Å²) in [6, 6.07) is 5.96. The summed E-state index contributed by atoms with van der Waals surface area (Å²) in [6.45, 7) is 9.08. The van der Waals surface area contributed by atoms with Crippen molar-refractivity contribution < 1.29 is 9.53 Å². The summed E-state index contributed by atoms with van der Waals surface area (Å²) in [5.74, 6) is 0. The molecule has 1 saturated heterocycles. The molecule has 20 heavy (non-hydrogen) atoms. The zero-order chi connectivity index (χ0) is 14.5. The Morgan fingerprint density at radius 2 is 2.10 bits per heavy atom. The molecule has 1 atom stereocenters. The Labute approximate surface area is 121 Å². The van der Waals surface area contributed by atoms with E-state index < -0.39 is 0 Å². The Morgan fingerprint density at radius 1 is 1.40 bits per heavy atom. The van der Waals surface area contributed by atoms with Crippen molar-refractivity contribution in [1.82, 2.24) is 4.90 Å². The molecular formula is C16H24N2O2. The highest BCUT2D eigenvalue weighted by Gasteiger charge is 2.22. The van der Waals surface area contributed by atoms with Crippen LogP contribution in [-0.2, 0) is 4.74 Å². The Morgan fingerprint density at radius 3 is 2.75 bits per heavy atom. The maximum atomic E-state index is 12.0. The molecule has 0 unspecified atom stereocenters. The highest BCUT2D eigenvalue weighted by Crippen LogP contribution is 2.20. The van der Waals surface area contributed by atoms with Gasteiger partial charge in [0.1, 0.15) is 6.10 Å². The maximum absolute atomic E-state index is 12.0. The van der Waals surface area contributed by atoms with Crippen LogP contribution in [0.4, 0.5) is 10.5 Å². The van der Waals surface area contributed by atoms with Gasteiger partial charge in [0.15, 0.2) is 0 Å². The van der Waals surface area contributed by atoms with Crippen LogP contribution in [-0.4, -0.2) is 36.7 Å². The van der Waals surface area contributed by atoms with Crippen molar-refractivity contribution in [1.29, 1.82) is 0 Å². The number of carbonyl (C=O) groups excluding carboxylic acids is 1. The first kappa shape index (κ1) is 14.9. The van der Waals surface area contributed by atoms with Gasteiger partial charge in [0.05, 0.1) is 0 Å². The van der Waals surface area contributed by atoms with Crippen molar-refractivity contribution in [2.45, 2.75) is 39.7 Å². The van der Waals surface area contributed by atoms with Gasteiger partial charge in [0.25, 0.3) is 0 Å². The van der Waals surface area contributed by atoms with Crippen LogP contribution in [0.1, 0.15) is 30.9 Å². The summed E-state index contributed by atoms with van der Waals surface area (Å²) in [5.41, 5.74) is 2.97. The first-order valence-electron chi connectivity index (χ1n) is 7.36. The normalized spacial score (nSPS) is 19.6. The van der Waals surface area contributed by atoms with Crippen LogP contribution < -0.4 is 5.32 Å². The summed E-state index contributed by atoms with van der Waals surface area (Å²) in [4.78, 5) is 14.3. The molecule has 1 amide bonds. The average Bonchev–Trinajstić information content (AvgIpc) is 2.43. The van der Waals surface area contributed by atoms with Gasteiger partial charge in [0, 0.05) is 12.2 Å². The number of hydrogen-bond acceptors (Lipinski definition) is 3. The van der Waals surface area contributed by atoms with Crippen molar-refractivity contribution in [3.63, 3.8) is 0 Å². The molecule has 0 bridgehead atoms. The number of hydrogen-bond donors (Lipinski definition) is 1. The summed E-state index contributed by atoms with van der Waals surface area (Å²) in [6.07, 6.45) is 1.71. The molecular weight excluding hydrogens is 252 g/mol. The monoisotopic (exact) mass is 276 g/mol. The molecule has 1 heterocycles. The third-order valence-electron chi connectivity index (χ3n) is 3.89. The van der Waals surface area contributed by atoms with Gasteiger partial charge in [-0.05, 0) is 50.9 Å². The Balaban J connectivity index is 1.92. The molecule has 1 aliphatic heterocycles. The van der Waals surface area contributed by atoms with Gasteiger partial charge in [-0.15, -0.1) is 0 Å². The van der Waals surface area contributed by atoms with Gasteiger partial charge in [-0.1, -0.05) is 25.1 Å². The molecule has 2 rings (SSSR count).